The average molecular weight is 335 g/mol. The van der Waals surface area contributed by atoms with Crippen molar-refractivity contribution in [3.05, 3.63) is 29.8 Å². The van der Waals surface area contributed by atoms with E-state index in [0.717, 1.165) is 31.7 Å². The number of hydrogen-bond donors (Lipinski definition) is 2. The number of benzene rings is 1. The quantitative estimate of drug-likeness (QED) is 0.466. The van der Waals surface area contributed by atoms with E-state index in [-0.39, 0.29) is 6.42 Å². The Hall–Kier alpha value is -1.55. The van der Waals surface area contributed by atoms with E-state index in [0.29, 0.717) is 6.54 Å². The van der Waals surface area contributed by atoms with Gasteiger partial charge in [0.15, 0.2) is 0 Å². The van der Waals surface area contributed by atoms with E-state index >= 15 is 0 Å². The van der Waals surface area contributed by atoms with Crippen molar-refractivity contribution in [1.29, 1.82) is 0 Å². The maximum absolute atomic E-state index is 10.4. The summed E-state index contributed by atoms with van der Waals surface area (Å²) in [7, 11) is 0. The number of rotatable bonds is 15. The fourth-order valence-corrected chi connectivity index (χ4v) is 2.55. The summed E-state index contributed by atoms with van der Waals surface area (Å²) in [6, 6.07) is 8.21. The Balaban J connectivity index is 2.04. The molecule has 0 saturated heterocycles. The molecule has 0 spiro atoms. The van der Waals surface area contributed by atoms with Gasteiger partial charge in [0.05, 0.1) is 13.0 Å². The fraction of sp³-hybridized carbons (Fsp3) is 0.650. The van der Waals surface area contributed by atoms with Crippen molar-refractivity contribution >= 4 is 5.97 Å². The molecule has 0 atom stereocenters. The number of nitrogens with one attached hydrogen (secondary N) is 1. The van der Waals surface area contributed by atoms with Gasteiger partial charge in [-0.25, -0.2) is 0 Å². The molecule has 0 bridgehead atoms. The van der Waals surface area contributed by atoms with E-state index in [1.807, 2.05) is 12.1 Å². The van der Waals surface area contributed by atoms with Gasteiger partial charge >= 0.3 is 5.97 Å². The smallest absolute Gasteiger partial charge is 0.304 e. The van der Waals surface area contributed by atoms with Crippen LogP contribution in [0, 0.1) is 0 Å². The average Bonchev–Trinajstić information content (AvgIpc) is 2.58. The molecule has 0 unspecified atom stereocenters. The van der Waals surface area contributed by atoms with Crippen LogP contribution in [0.1, 0.15) is 63.9 Å². The van der Waals surface area contributed by atoms with Gasteiger partial charge in [0.2, 0.25) is 0 Å². The molecule has 0 aliphatic rings. The maximum atomic E-state index is 10.4. The van der Waals surface area contributed by atoms with Crippen molar-refractivity contribution in [2.75, 3.05) is 19.7 Å². The first kappa shape index (κ1) is 20.5. The summed E-state index contributed by atoms with van der Waals surface area (Å²) in [5.41, 5.74) is 1.24. The van der Waals surface area contributed by atoms with Crippen LogP contribution < -0.4 is 10.1 Å². The first-order valence-corrected chi connectivity index (χ1v) is 9.36. The number of ether oxygens (including phenoxy) is 1. The van der Waals surface area contributed by atoms with Gasteiger partial charge in [0, 0.05) is 6.54 Å². The van der Waals surface area contributed by atoms with E-state index < -0.39 is 5.97 Å². The molecule has 0 aliphatic heterocycles. The topological polar surface area (TPSA) is 58.6 Å². The molecule has 4 heteroatoms. The Morgan fingerprint density at radius 3 is 2.33 bits per heavy atom. The third-order valence-corrected chi connectivity index (χ3v) is 4.05. The lowest BCUT2D eigenvalue weighted by Crippen LogP contribution is -2.20. The third kappa shape index (κ3) is 11.1. The van der Waals surface area contributed by atoms with Crippen LogP contribution in [0.15, 0.2) is 24.3 Å². The molecule has 2 N–H and O–H groups in total. The van der Waals surface area contributed by atoms with Crippen LogP contribution in [-0.4, -0.2) is 30.8 Å². The summed E-state index contributed by atoms with van der Waals surface area (Å²) in [5, 5.41) is 11.7. The van der Waals surface area contributed by atoms with Gasteiger partial charge in [-0.3, -0.25) is 4.79 Å². The van der Waals surface area contributed by atoms with Gasteiger partial charge in [-0.1, -0.05) is 57.6 Å². The maximum Gasteiger partial charge on any atom is 0.304 e. The predicted molar refractivity (Wildman–Crippen MR) is 98.8 cm³/mol. The van der Waals surface area contributed by atoms with Crippen molar-refractivity contribution in [2.24, 2.45) is 0 Å². The molecule has 0 fully saturated rings. The molecule has 0 radical (unpaired) electrons. The summed E-state index contributed by atoms with van der Waals surface area (Å²) < 4.78 is 5.78. The van der Waals surface area contributed by atoms with Crippen LogP contribution in [0.3, 0.4) is 0 Å². The number of hydrogen-bond acceptors (Lipinski definition) is 3. The Morgan fingerprint density at radius 2 is 1.67 bits per heavy atom. The van der Waals surface area contributed by atoms with Crippen LogP contribution in [0.4, 0.5) is 0 Å². The Labute approximate surface area is 146 Å². The van der Waals surface area contributed by atoms with Gasteiger partial charge in [-0.05, 0) is 37.1 Å². The number of carboxylic acid groups (broad SMARTS) is 1. The summed E-state index contributed by atoms with van der Waals surface area (Å²) in [4.78, 5) is 10.4. The molecule has 1 aromatic carbocycles. The summed E-state index contributed by atoms with van der Waals surface area (Å²) in [6.45, 7) is 4.36. The van der Waals surface area contributed by atoms with E-state index in [1.165, 1.54) is 44.1 Å². The highest BCUT2D eigenvalue weighted by molar-refractivity contribution is 5.66. The van der Waals surface area contributed by atoms with E-state index in [1.54, 1.807) is 0 Å². The van der Waals surface area contributed by atoms with Crippen molar-refractivity contribution in [2.45, 2.75) is 64.7 Å². The Kier molecular flexibility index (Phi) is 11.8. The molecule has 0 amide bonds. The molecule has 1 rings (SSSR count). The molecule has 0 saturated carbocycles. The van der Waals surface area contributed by atoms with Crippen molar-refractivity contribution < 1.29 is 14.6 Å². The molecule has 24 heavy (non-hydrogen) atoms. The van der Waals surface area contributed by atoms with E-state index in [2.05, 4.69) is 24.4 Å². The molecule has 4 nitrogen and oxygen atoms in total. The molecule has 136 valence electrons. The second kappa shape index (κ2) is 13.8. The first-order valence-electron chi connectivity index (χ1n) is 9.36. The van der Waals surface area contributed by atoms with Crippen LogP contribution in [0.5, 0.6) is 5.75 Å². The molecular weight excluding hydrogens is 302 g/mol. The zero-order valence-electron chi connectivity index (χ0n) is 15.1. The minimum Gasteiger partial charge on any atom is -0.494 e. The fourth-order valence-electron chi connectivity index (χ4n) is 2.55. The minimum absolute atomic E-state index is 0.172. The highest BCUT2D eigenvalue weighted by Gasteiger charge is 1.98. The van der Waals surface area contributed by atoms with Gasteiger partial charge < -0.3 is 15.2 Å². The second-order valence-electron chi connectivity index (χ2n) is 6.26. The lowest BCUT2D eigenvalue weighted by atomic mass is 10.1. The molecule has 0 aliphatic carbocycles. The van der Waals surface area contributed by atoms with Gasteiger partial charge in [0.1, 0.15) is 5.75 Å². The van der Waals surface area contributed by atoms with E-state index in [9.17, 15) is 4.79 Å². The zero-order chi connectivity index (χ0) is 17.5. The summed E-state index contributed by atoms with van der Waals surface area (Å²) >= 11 is 0. The van der Waals surface area contributed by atoms with Crippen molar-refractivity contribution in [3.63, 3.8) is 0 Å². The number of carbonyl (C=O) groups is 1. The molecular formula is C20H33NO3. The standard InChI is InChI=1S/C20H33NO3/c1-2-3-4-5-6-7-8-17-24-19-11-9-18(10-12-19)13-15-21-16-14-20(22)23/h9-12,21H,2-8,13-17H2,1H3,(H,22,23). The van der Waals surface area contributed by atoms with Crippen molar-refractivity contribution in [1.82, 2.24) is 5.32 Å². The molecule has 0 heterocycles. The van der Waals surface area contributed by atoms with Crippen LogP contribution in [0.2, 0.25) is 0 Å². The lowest BCUT2D eigenvalue weighted by molar-refractivity contribution is -0.136. The van der Waals surface area contributed by atoms with Crippen LogP contribution in [-0.2, 0) is 11.2 Å². The highest BCUT2D eigenvalue weighted by atomic mass is 16.5. The van der Waals surface area contributed by atoms with Crippen molar-refractivity contribution in [3.8, 4) is 5.75 Å². The number of unbranched alkanes of at least 4 members (excludes halogenated alkanes) is 6. The lowest BCUT2D eigenvalue weighted by Gasteiger charge is -2.08. The summed E-state index contributed by atoms with van der Waals surface area (Å²) in [6.07, 6.45) is 10.1. The Bertz CT molecular complexity index is 431. The van der Waals surface area contributed by atoms with Crippen LogP contribution >= 0.6 is 0 Å². The zero-order valence-corrected chi connectivity index (χ0v) is 15.1. The third-order valence-electron chi connectivity index (χ3n) is 4.05. The minimum atomic E-state index is -0.759. The van der Waals surface area contributed by atoms with Gasteiger partial charge in [-0.15, -0.1) is 0 Å². The number of aliphatic carboxylic acids is 1. The number of carboxylic acids is 1. The second-order valence-corrected chi connectivity index (χ2v) is 6.26. The van der Waals surface area contributed by atoms with Gasteiger partial charge in [-0.2, -0.15) is 0 Å². The highest BCUT2D eigenvalue weighted by Crippen LogP contribution is 2.13. The first-order chi connectivity index (χ1) is 11.7. The van der Waals surface area contributed by atoms with Gasteiger partial charge in [0.25, 0.3) is 0 Å². The van der Waals surface area contributed by atoms with Crippen LogP contribution in [0.25, 0.3) is 0 Å². The monoisotopic (exact) mass is 335 g/mol. The summed E-state index contributed by atoms with van der Waals surface area (Å²) in [5.74, 6) is 0.175. The van der Waals surface area contributed by atoms with E-state index in [4.69, 9.17) is 9.84 Å². The predicted octanol–water partition coefficient (Wildman–Crippen LogP) is 4.42. The largest absolute Gasteiger partial charge is 0.494 e. The molecule has 1 aromatic rings. The molecule has 0 aromatic heterocycles. The SMILES string of the molecule is CCCCCCCCCOc1ccc(CCNCCC(=O)O)cc1. The normalized spacial score (nSPS) is 10.7. The Morgan fingerprint density at radius 1 is 1.00 bits per heavy atom.